The van der Waals surface area contributed by atoms with Gasteiger partial charge in [-0.05, 0) is 53.3 Å². The first-order valence-electron chi connectivity index (χ1n) is 11.4. The molecule has 4 heteroatoms. The molecule has 6 rings (SSSR count). The average Bonchev–Trinajstić information content (AvgIpc) is 3.32. The first-order valence-corrected chi connectivity index (χ1v) is 11.4. The number of ketones is 1. The molecule has 0 amide bonds. The number of fused-ring (bicyclic) bond motifs is 3. The Morgan fingerprint density at radius 2 is 1.71 bits per heavy atom. The van der Waals surface area contributed by atoms with Crippen LogP contribution in [0, 0.1) is 6.07 Å². The van der Waals surface area contributed by atoms with Gasteiger partial charge in [0.1, 0.15) is 0 Å². The van der Waals surface area contributed by atoms with Crippen LogP contribution >= 0.6 is 0 Å². The monoisotopic (exact) mass is 637 g/mol. The van der Waals surface area contributed by atoms with Crippen molar-refractivity contribution in [2.24, 2.45) is 0 Å². The summed E-state index contributed by atoms with van der Waals surface area (Å²) < 4.78 is 0. The summed E-state index contributed by atoms with van der Waals surface area (Å²) in [6, 6.07) is 25.1. The first kappa shape index (κ1) is 24.8. The van der Waals surface area contributed by atoms with E-state index >= 15 is 0 Å². The number of benzene rings is 3. The van der Waals surface area contributed by atoms with Gasteiger partial charge in [-0.1, -0.05) is 74.0 Å². The van der Waals surface area contributed by atoms with Crippen molar-refractivity contribution in [1.82, 2.24) is 4.98 Å². The number of aliphatic hydroxyl groups is 1. The molecule has 1 N–H and O–H groups in total. The Hall–Kier alpha value is -3.33. The van der Waals surface area contributed by atoms with Crippen LogP contribution in [0.4, 0.5) is 0 Å². The van der Waals surface area contributed by atoms with Crippen molar-refractivity contribution >= 4 is 28.8 Å². The molecule has 4 aromatic rings. The maximum atomic E-state index is 10.0. The molecule has 177 valence electrons. The molecule has 1 aromatic heterocycles. The molecule has 1 heterocycles. The van der Waals surface area contributed by atoms with Crippen LogP contribution in [-0.2, 0) is 30.3 Å². The Labute approximate surface area is 219 Å². The molecule has 0 saturated carbocycles. The van der Waals surface area contributed by atoms with Crippen LogP contribution in [0.1, 0.15) is 49.9 Å². The summed E-state index contributed by atoms with van der Waals surface area (Å²) >= 11 is 0. The molecular formula is C31H26IrNO2-. The summed E-state index contributed by atoms with van der Waals surface area (Å²) in [5, 5.41) is 9.62. The first-order chi connectivity index (χ1) is 16.3. The summed E-state index contributed by atoms with van der Waals surface area (Å²) in [5.41, 5.74) is 11.0. The predicted molar refractivity (Wildman–Crippen MR) is 140 cm³/mol. The molecular weight excluding hydrogens is 611 g/mol. The summed E-state index contributed by atoms with van der Waals surface area (Å²) in [7, 11) is 0. The predicted octanol–water partition coefficient (Wildman–Crippen LogP) is 7.53. The quantitative estimate of drug-likeness (QED) is 0.124. The Morgan fingerprint density at radius 1 is 0.971 bits per heavy atom. The minimum absolute atomic E-state index is 0. The van der Waals surface area contributed by atoms with Crippen LogP contribution in [0.2, 0.25) is 0 Å². The Kier molecular flexibility index (Phi) is 6.64. The van der Waals surface area contributed by atoms with Gasteiger partial charge in [0.2, 0.25) is 0 Å². The van der Waals surface area contributed by atoms with E-state index < -0.39 is 0 Å². The molecule has 0 atom stereocenters. The van der Waals surface area contributed by atoms with Gasteiger partial charge < -0.3 is 5.11 Å². The fraction of sp³-hybridized carbons (Fsp3) is 0.161. The fourth-order valence-electron chi connectivity index (χ4n) is 5.19. The maximum absolute atomic E-state index is 10.0. The number of carbonyl (C=O) groups is 1. The maximum Gasteiger partial charge on any atom is 0.155 e. The summed E-state index contributed by atoms with van der Waals surface area (Å²) in [6.45, 7) is 7.47. The second-order valence-electron chi connectivity index (χ2n) is 9.38. The summed E-state index contributed by atoms with van der Waals surface area (Å²) in [4.78, 5) is 15.1. The zero-order chi connectivity index (χ0) is 24.0. The van der Waals surface area contributed by atoms with Crippen molar-refractivity contribution in [2.75, 3.05) is 0 Å². The van der Waals surface area contributed by atoms with E-state index in [1.807, 2.05) is 6.07 Å². The zero-order valence-electron chi connectivity index (χ0n) is 20.1. The third kappa shape index (κ3) is 4.29. The van der Waals surface area contributed by atoms with Crippen molar-refractivity contribution < 1.29 is 30.0 Å². The van der Waals surface area contributed by atoms with E-state index in [-0.39, 0.29) is 37.1 Å². The molecule has 0 bridgehead atoms. The van der Waals surface area contributed by atoms with E-state index in [2.05, 4.69) is 86.7 Å². The van der Waals surface area contributed by atoms with E-state index in [0.717, 1.165) is 16.8 Å². The van der Waals surface area contributed by atoms with E-state index in [0.29, 0.717) is 0 Å². The molecule has 0 saturated heterocycles. The van der Waals surface area contributed by atoms with Gasteiger partial charge in [-0.3, -0.25) is 9.78 Å². The van der Waals surface area contributed by atoms with Crippen LogP contribution in [0.5, 0.6) is 0 Å². The fourth-order valence-corrected chi connectivity index (χ4v) is 5.19. The van der Waals surface area contributed by atoms with Gasteiger partial charge in [0.05, 0.1) is 11.3 Å². The second-order valence-corrected chi connectivity index (χ2v) is 9.38. The number of aromatic nitrogens is 1. The van der Waals surface area contributed by atoms with Crippen molar-refractivity contribution in [3.8, 4) is 22.4 Å². The van der Waals surface area contributed by atoms with Gasteiger partial charge in [0.15, 0.2) is 5.78 Å². The van der Waals surface area contributed by atoms with E-state index in [4.69, 9.17) is 10.1 Å². The minimum Gasteiger partial charge on any atom is -0.512 e. The zero-order valence-corrected chi connectivity index (χ0v) is 22.5. The van der Waals surface area contributed by atoms with Crippen LogP contribution in [-0.4, -0.2) is 15.9 Å². The second kappa shape index (κ2) is 9.37. The van der Waals surface area contributed by atoms with E-state index in [1.165, 1.54) is 58.7 Å². The molecule has 0 spiro atoms. The number of hydrogen-bond donors (Lipinski definition) is 1. The number of rotatable bonds is 2. The topological polar surface area (TPSA) is 50.2 Å². The number of aliphatic hydroxyl groups excluding tert-OH is 1. The Balaban J connectivity index is 0.000000320. The molecule has 1 radical (unpaired) electrons. The average molecular weight is 637 g/mol. The third-order valence-electron chi connectivity index (χ3n) is 6.52. The molecule has 0 aliphatic heterocycles. The van der Waals surface area contributed by atoms with Crippen LogP contribution in [0.3, 0.4) is 0 Å². The minimum atomic E-state index is -0.125. The molecule has 2 aliphatic rings. The smallest absolute Gasteiger partial charge is 0.155 e. The van der Waals surface area contributed by atoms with Gasteiger partial charge in [0, 0.05) is 31.6 Å². The van der Waals surface area contributed by atoms with Crippen molar-refractivity contribution in [2.45, 2.75) is 33.1 Å². The molecule has 0 unspecified atom stereocenters. The Bertz CT molecular complexity index is 1520. The summed E-state index contributed by atoms with van der Waals surface area (Å²) in [5.74, 6) is -0.0625. The van der Waals surface area contributed by atoms with Gasteiger partial charge in [-0.25, -0.2) is 0 Å². The molecule has 0 fully saturated rings. The van der Waals surface area contributed by atoms with Gasteiger partial charge in [-0.15, -0.1) is 29.3 Å². The normalized spacial score (nSPS) is 14.0. The Morgan fingerprint density at radius 3 is 2.43 bits per heavy atom. The van der Waals surface area contributed by atoms with Crippen molar-refractivity contribution in [3.05, 3.63) is 101 Å². The number of nitrogens with zero attached hydrogens (tertiary/aromatic N) is 1. The van der Waals surface area contributed by atoms with Crippen molar-refractivity contribution in [1.29, 1.82) is 0 Å². The number of carbonyl (C=O) groups excluding carboxylic acids is 1. The summed E-state index contributed by atoms with van der Waals surface area (Å²) in [6.07, 6.45) is 5.55. The van der Waals surface area contributed by atoms with Crippen molar-refractivity contribution in [3.63, 3.8) is 0 Å². The molecule has 3 nitrogen and oxygen atoms in total. The van der Waals surface area contributed by atoms with Gasteiger partial charge in [0.25, 0.3) is 0 Å². The van der Waals surface area contributed by atoms with Crippen LogP contribution in [0.15, 0.2) is 72.5 Å². The number of pyridine rings is 1. The van der Waals surface area contributed by atoms with E-state index in [1.54, 1.807) is 0 Å². The number of allylic oxidation sites excluding steroid dienone is 2. The SMILES string of the molecule is CC(=O)/C=C(/C)O.CC1(C)c2ccccc2-c2cc[c-]c(-c3cc4c5c(cccc5n3)C=C4)c21.[Ir]. The van der Waals surface area contributed by atoms with Gasteiger partial charge in [-0.2, -0.15) is 0 Å². The largest absolute Gasteiger partial charge is 0.512 e. The van der Waals surface area contributed by atoms with Crippen LogP contribution < -0.4 is 0 Å². The standard InChI is InChI=1S/C26H18N.C5H8O2.Ir/c1-26(2)21-11-4-3-8-18(21)19-9-6-10-20(25(19)26)23-15-17-14-13-16-7-5-12-22(27-23)24(16)17;1-4(6)3-5(2)7;/h3-9,11-15H,1-2H3;3,6H,1-2H3;/q-1;;/b;4-3-;. The molecule has 3 aromatic carbocycles. The van der Waals surface area contributed by atoms with Gasteiger partial charge >= 0.3 is 0 Å². The molecule has 2 aliphatic carbocycles. The van der Waals surface area contributed by atoms with Crippen LogP contribution in [0.25, 0.3) is 45.4 Å². The third-order valence-corrected chi connectivity index (χ3v) is 6.52. The number of hydrogen-bond acceptors (Lipinski definition) is 3. The van der Waals surface area contributed by atoms with E-state index in [9.17, 15) is 4.79 Å². The molecule has 35 heavy (non-hydrogen) atoms.